The van der Waals surface area contributed by atoms with Crippen LogP contribution in [-0.4, -0.2) is 22.0 Å². The van der Waals surface area contributed by atoms with Crippen LogP contribution in [0.4, 0.5) is 0 Å². The maximum atomic E-state index is 5.31. The van der Waals surface area contributed by atoms with E-state index in [0.717, 1.165) is 30.9 Å². The predicted octanol–water partition coefficient (Wildman–Crippen LogP) is 3.47. The second kappa shape index (κ2) is 10.5. The molecule has 6 heteroatoms. The van der Waals surface area contributed by atoms with Gasteiger partial charge in [0.2, 0.25) is 0 Å². The Hall–Kier alpha value is -2.63. The number of thioether (sulfide) groups is 1. The highest BCUT2D eigenvalue weighted by Crippen LogP contribution is 2.38. The van der Waals surface area contributed by atoms with Crippen molar-refractivity contribution >= 4 is 11.8 Å². The van der Waals surface area contributed by atoms with E-state index in [0.29, 0.717) is 6.04 Å². The van der Waals surface area contributed by atoms with Gasteiger partial charge in [-0.05, 0) is 80.8 Å². The van der Waals surface area contributed by atoms with Crippen molar-refractivity contribution in [3.8, 4) is 22.7 Å². The third-order valence-electron chi connectivity index (χ3n) is 7.17. The van der Waals surface area contributed by atoms with Crippen molar-refractivity contribution in [1.82, 2.24) is 9.13 Å². The number of rotatable bonds is 7. The first-order chi connectivity index (χ1) is 16.5. The molecule has 1 aliphatic heterocycles. The number of para-hydroxylation sites is 1. The van der Waals surface area contributed by atoms with Crippen LogP contribution in [0.3, 0.4) is 0 Å². The molecule has 1 atom stereocenters. The van der Waals surface area contributed by atoms with Gasteiger partial charge in [0.05, 0.1) is 7.11 Å². The Morgan fingerprint density at radius 1 is 1.06 bits per heavy atom. The van der Waals surface area contributed by atoms with Gasteiger partial charge in [-0.15, -0.1) is 0 Å². The molecule has 0 bridgehead atoms. The highest BCUT2D eigenvalue weighted by atomic mass is 35.5. The van der Waals surface area contributed by atoms with Crippen molar-refractivity contribution in [3.05, 3.63) is 83.3 Å². The topological polar surface area (TPSA) is 23.0 Å². The Bertz CT molecular complexity index is 1320. The summed E-state index contributed by atoms with van der Waals surface area (Å²) >= 11 is 1.98. The molecule has 0 saturated carbocycles. The molecule has 0 spiro atoms. The zero-order chi connectivity index (χ0) is 23.8. The van der Waals surface area contributed by atoms with Gasteiger partial charge in [-0.2, -0.15) is 4.57 Å². The van der Waals surface area contributed by atoms with Gasteiger partial charge in [0.25, 0.3) is 0 Å². The Morgan fingerprint density at radius 2 is 1.80 bits per heavy atom. The quantitative estimate of drug-likeness (QED) is 0.357. The number of fused-ring (bicyclic) bond motifs is 1. The average molecular weight is 508 g/mol. The summed E-state index contributed by atoms with van der Waals surface area (Å²) in [6.07, 6.45) is 4.55. The van der Waals surface area contributed by atoms with Crippen molar-refractivity contribution in [1.29, 1.82) is 0 Å². The monoisotopic (exact) mass is 507 g/mol. The van der Waals surface area contributed by atoms with E-state index >= 15 is 0 Å². The van der Waals surface area contributed by atoms with Crippen LogP contribution in [-0.2, 0) is 13.0 Å². The van der Waals surface area contributed by atoms with Crippen LogP contribution in [0, 0.1) is 20.8 Å². The molecule has 4 nitrogen and oxygen atoms in total. The minimum atomic E-state index is 0. The Kier molecular flexibility index (Phi) is 7.67. The molecule has 0 radical (unpaired) electrons. The van der Waals surface area contributed by atoms with Crippen LogP contribution in [0.2, 0.25) is 0 Å². The van der Waals surface area contributed by atoms with Gasteiger partial charge >= 0.3 is 5.16 Å². The Morgan fingerprint density at radius 3 is 2.49 bits per heavy atom. The third kappa shape index (κ3) is 4.64. The van der Waals surface area contributed by atoms with E-state index in [1.54, 1.807) is 7.11 Å². The van der Waals surface area contributed by atoms with Gasteiger partial charge in [-0.25, -0.2) is 4.57 Å². The van der Waals surface area contributed by atoms with Crippen molar-refractivity contribution in [2.75, 3.05) is 12.9 Å². The molecule has 0 fully saturated rings. The van der Waals surface area contributed by atoms with Crippen molar-refractivity contribution < 1.29 is 21.7 Å². The van der Waals surface area contributed by atoms with E-state index in [-0.39, 0.29) is 12.4 Å². The van der Waals surface area contributed by atoms with Gasteiger partial charge < -0.3 is 21.7 Å². The summed E-state index contributed by atoms with van der Waals surface area (Å²) in [5.74, 6) is 2.06. The average Bonchev–Trinajstić information content (AvgIpc) is 3.50. The summed E-state index contributed by atoms with van der Waals surface area (Å²) in [6.45, 7) is 9.98. The number of ether oxygens (including phenoxy) is 1. The molecular weight excluding hydrogens is 474 g/mol. The summed E-state index contributed by atoms with van der Waals surface area (Å²) in [6, 6.07) is 20.1. The van der Waals surface area contributed by atoms with Crippen LogP contribution < -0.4 is 21.7 Å². The fraction of sp³-hybridized carbons (Fsp3) is 0.345. The molecule has 3 heterocycles. The van der Waals surface area contributed by atoms with Gasteiger partial charge in [0.1, 0.15) is 23.7 Å². The number of methoxy groups -OCH3 is 1. The highest BCUT2D eigenvalue weighted by molar-refractivity contribution is 7.99. The molecule has 0 N–H and O–H groups in total. The number of benzene rings is 2. The first-order valence-electron chi connectivity index (χ1n) is 12.2. The molecule has 5 rings (SSSR count). The fourth-order valence-corrected chi connectivity index (χ4v) is 6.52. The molecule has 1 aliphatic rings. The Balaban J connectivity index is 0.00000289. The van der Waals surface area contributed by atoms with E-state index in [1.807, 2.05) is 23.9 Å². The summed E-state index contributed by atoms with van der Waals surface area (Å²) in [7, 11) is 1.71. The minimum absolute atomic E-state index is 0. The second-order valence-corrected chi connectivity index (χ2v) is 10.2. The lowest BCUT2D eigenvalue weighted by atomic mass is 10.1. The summed E-state index contributed by atoms with van der Waals surface area (Å²) < 4.78 is 12.8. The molecule has 4 aromatic rings. The number of imidazole rings is 1. The first-order valence-corrected chi connectivity index (χ1v) is 13.2. The molecule has 2 aromatic heterocycles. The van der Waals surface area contributed by atoms with E-state index in [4.69, 9.17) is 4.74 Å². The SMILES string of the molecule is CCC1CSc2n(-c3ccccc3C)c(-c3cc(C)n(CCc4ccc(OC)cc4)c3C)c[n+]21.[Cl-]. The smallest absolute Gasteiger partial charge is 0.324 e. The lowest BCUT2D eigenvalue weighted by Crippen LogP contribution is -3.00. The number of aryl methyl sites for hydroxylation is 3. The standard InChI is InChI=1S/C29H34N3OS.ClH/c1-6-24-19-34-29-31(24)18-28(32(29)27-10-8-7-9-20(27)2)26-17-21(3)30(22(26)4)16-15-23-11-13-25(33-5)14-12-23;/h7-14,17-18,24H,6,15-16,19H2,1-5H3;1H/q+1;/p-1. The molecule has 0 amide bonds. The van der Waals surface area contributed by atoms with Crippen LogP contribution in [0.15, 0.2) is 66.0 Å². The third-order valence-corrected chi connectivity index (χ3v) is 8.38. The van der Waals surface area contributed by atoms with E-state index in [2.05, 4.69) is 90.1 Å². The summed E-state index contributed by atoms with van der Waals surface area (Å²) in [5, 5.41) is 1.35. The number of aromatic nitrogens is 3. The largest absolute Gasteiger partial charge is 1.00 e. The Labute approximate surface area is 219 Å². The van der Waals surface area contributed by atoms with Gasteiger partial charge in [-0.3, -0.25) is 0 Å². The summed E-state index contributed by atoms with van der Waals surface area (Å²) in [4.78, 5) is 0. The van der Waals surface area contributed by atoms with Crippen LogP contribution >= 0.6 is 11.8 Å². The van der Waals surface area contributed by atoms with Gasteiger partial charge in [-0.1, -0.05) is 37.3 Å². The first kappa shape index (κ1) is 25.5. The molecule has 0 saturated heterocycles. The van der Waals surface area contributed by atoms with E-state index in [1.165, 1.54) is 44.6 Å². The molecule has 184 valence electrons. The number of halogens is 1. The minimum Gasteiger partial charge on any atom is -1.00 e. The molecule has 35 heavy (non-hydrogen) atoms. The van der Waals surface area contributed by atoms with Crippen LogP contribution in [0.25, 0.3) is 16.9 Å². The number of hydrogen-bond donors (Lipinski definition) is 0. The normalized spacial score (nSPS) is 14.6. The maximum absolute atomic E-state index is 5.31. The summed E-state index contributed by atoms with van der Waals surface area (Å²) in [5.41, 5.74) is 9.16. The predicted molar refractivity (Wildman–Crippen MR) is 140 cm³/mol. The second-order valence-electron chi connectivity index (χ2n) is 9.23. The number of nitrogens with zero attached hydrogens (tertiary/aromatic N) is 3. The lowest BCUT2D eigenvalue weighted by Gasteiger charge is -2.11. The van der Waals surface area contributed by atoms with Crippen LogP contribution in [0.5, 0.6) is 5.75 Å². The maximum Gasteiger partial charge on any atom is 0.324 e. The van der Waals surface area contributed by atoms with E-state index < -0.39 is 0 Å². The van der Waals surface area contributed by atoms with Crippen LogP contribution in [0.1, 0.15) is 41.9 Å². The number of hydrogen-bond acceptors (Lipinski definition) is 2. The van der Waals surface area contributed by atoms with Crippen molar-refractivity contribution in [2.45, 2.75) is 58.3 Å². The fourth-order valence-electron chi connectivity index (χ4n) is 5.10. The van der Waals surface area contributed by atoms with Crippen molar-refractivity contribution in [3.63, 3.8) is 0 Å². The lowest BCUT2D eigenvalue weighted by molar-refractivity contribution is -0.747. The van der Waals surface area contributed by atoms with Gasteiger partial charge in [0.15, 0.2) is 5.69 Å². The molecule has 2 aromatic carbocycles. The van der Waals surface area contributed by atoms with E-state index in [9.17, 15) is 0 Å². The molecular formula is C29H34ClN3OS. The van der Waals surface area contributed by atoms with Crippen molar-refractivity contribution in [2.24, 2.45) is 0 Å². The highest BCUT2D eigenvalue weighted by Gasteiger charge is 2.37. The van der Waals surface area contributed by atoms with Gasteiger partial charge in [0, 0.05) is 29.2 Å². The zero-order valence-corrected chi connectivity index (χ0v) is 22.8. The molecule has 0 aliphatic carbocycles. The molecule has 1 unspecified atom stereocenters. The zero-order valence-electron chi connectivity index (χ0n) is 21.2.